The van der Waals surface area contributed by atoms with Crippen LogP contribution in [0.3, 0.4) is 0 Å². The number of amides is 1. The highest BCUT2D eigenvalue weighted by molar-refractivity contribution is 6.05. The molecule has 0 radical (unpaired) electrons. The van der Waals surface area contributed by atoms with E-state index in [-0.39, 0.29) is 35.1 Å². The number of carbonyl (C=O) groups is 1. The number of fused-ring (bicyclic) bond motifs is 3. The minimum absolute atomic E-state index is 0.0105. The Bertz CT molecular complexity index is 1120. The maximum atomic E-state index is 13.1. The van der Waals surface area contributed by atoms with Crippen LogP contribution in [0.2, 0.25) is 0 Å². The predicted octanol–water partition coefficient (Wildman–Crippen LogP) is 1.24. The van der Waals surface area contributed by atoms with E-state index in [1.807, 2.05) is 0 Å². The fraction of sp³-hybridized carbons (Fsp3) is 0.278. The van der Waals surface area contributed by atoms with Gasteiger partial charge in [0, 0.05) is 26.7 Å². The zero-order valence-corrected chi connectivity index (χ0v) is 14.8. The van der Waals surface area contributed by atoms with Crippen LogP contribution in [0.4, 0.5) is 4.39 Å². The number of halogens is 1. The Balaban J connectivity index is 1.82. The van der Waals surface area contributed by atoms with Crippen molar-refractivity contribution in [2.45, 2.75) is 13.1 Å². The summed E-state index contributed by atoms with van der Waals surface area (Å²) in [5, 5.41) is 14.7. The molecule has 0 saturated heterocycles. The van der Waals surface area contributed by atoms with Crippen molar-refractivity contribution in [1.29, 1.82) is 0 Å². The first-order valence-corrected chi connectivity index (χ1v) is 8.32. The van der Waals surface area contributed by atoms with Crippen LogP contribution in [0.5, 0.6) is 11.6 Å². The van der Waals surface area contributed by atoms with Gasteiger partial charge < -0.3 is 19.3 Å². The van der Waals surface area contributed by atoms with E-state index < -0.39 is 11.5 Å². The second-order valence-electron chi connectivity index (χ2n) is 6.36. The number of hydrogen-bond acceptors (Lipinski definition) is 5. The summed E-state index contributed by atoms with van der Waals surface area (Å²) >= 11 is 0. The van der Waals surface area contributed by atoms with Gasteiger partial charge in [0.15, 0.2) is 11.4 Å². The molecule has 4 rings (SSSR count). The Kier molecular flexibility index (Phi) is 3.87. The summed E-state index contributed by atoms with van der Waals surface area (Å²) in [6, 6.07) is 5.88. The average Bonchev–Trinajstić information content (AvgIpc) is 2.96. The van der Waals surface area contributed by atoms with Gasteiger partial charge in [-0.05, 0) is 17.7 Å². The fourth-order valence-electron chi connectivity index (χ4n) is 3.43. The van der Waals surface area contributed by atoms with Crippen LogP contribution in [0.15, 0.2) is 29.1 Å². The van der Waals surface area contributed by atoms with Crippen molar-refractivity contribution in [3.05, 3.63) is 51.7 Å². The van der Waals surface area contributed by atoms with E-state index >= 15 is 0 Å². The van der Waals surface area contributed by atoms with Crippen LogP contribution in [0.1, 0.15) is 16.1 Å². The van der Waals surface area contributed by atoms with Gasteiger partial charge in [0.1, 0.15) is 16.7 Å². The quantitative estimate of drug-likeness (QED) is 0.747. The van der Waals surface area contributed by atoms with Crippen molar-refractivity contribution in [3.63, 3.8) is 0 Å². The van der Waals surface area contributed by atoms with Crippen molar-refractivity contribution in [2.75, 3.05) is 13.7 Å². The van der Waals surface area contributed by atoms with E-state index in [9.17, 15) is 19.1 Å². The van der Waals surface area contributed by atoms with Crippen LogP contribution in [-0.2, 0) is 20.1 Å². The smallest absolute Gasteiger partial charge is 0.280 e. The molecule has 0 fully saturated rings. The summed E-state index contributed by atoms with van der Waals surface area (Å²) in [6.07, 6.45) is 0. The SMILES string of the molecule is COc1nn(C)c(=O)c2c(O)c3n(c12)CCN(Cc1ccc(F)cc1)C3=O. The summed E-state index contributed by atoms with van der Waals surface area (Å²) in [6.45, 7) is 1.00. The Hall–Kier alpha value is -3.36. The Labute approximate surface area is 153 Å². The maximum absolute atomic E-state index is 13.1. The molecule has 27 heavy (non-hydrogen) atoms. The number of aromatic nitrogens is 3. The fourth-order valence-corrected chi connectivity index (χ4v) is 3.43. The summed E-state index contributed by atoms with van der Waals surface area (Å²) in [5.41, 5.74) is 0.594. The minimum Gasteiger partial charge on any atom is -0.505 e. The van der Waals surface area contributed by atoms with Crippen molar-refractivity contribution in [1.82, 2.24) is 19.2 Å². The number of aryl methyl sites for hydroxylation is 1. The molecule has 140 valence electrons. The van der Waals surface area contributed by atoms with Gasteiger partial charge in [-0.25, -0.2) is 9.07 Å². The molecular formula is C18H17FN4O4. The maximum Gasteiger partial charge on any atom is 0.280 e. The number of benzene rings is 1. The first-order valence-electron chi connectivity index (χ1n) is 8.32. The van der Waals surface area contributed by atoms with Crippen LogP contribution >= 0.6 is 0 Å². The number of ether oxygens (including phenoxy) is 1. The van der Waals surface area contributed by atoms with Crippen LogP contribution in [0, 0.1) is 5.82 Å². The molecule has 3 heterocycles. The molecule has 2 aromatic heterocycles. The zero-order valence-electron chi connectivity index (χ0n) is 14.8. The van der Waals surface area contributed by atoms with E-state index in [1.165, 1.54) is 26.3 Å². The Morgan fingerprint density at radius 3 is 2.59 bits per heavy atom. The first-order chi connectivity index (χ1) is 12.9. The summed E-state index contributed by atoms with van der Waals surface area (Å²) in [5.74, 6) is -0.978. The molecule has 1 aliphatic heterocycles. The van der Waals surface area contributed by atoms with Gasteiger partial charge in [-0.1, -0.05) is 12.1 Å². The molecular weight excluding hydrogens is 355 g/mol. The molecule has 0 spiro atoms. The highest BCUT2D eigenvalue weighted by Gasteiger charge is 2.34. The van der Waals surface area contributed by atoms with Crippen LogP contribution < -0.4 is 10.3 Å². The standard InChI is InChI=1S/C18H17FN4O4/c1-21-17(25)12-13(16(20-21)27-2)23-8-7-22(18(26)14(23)15(12)24)9-10-3-5-11(19)6-4-10/h3-6,24H,7-9H2,1-2H3. The third-order valence-corrected chi connectivity index (χ3v) is 4.75. The monoisotopic (exact) mass is 372 g/mol. The molecule has 1 N–H and O–H groups in total. The number of hydrogen-bond donors (Lipinski definition) is 1. The average molecular weight is 372 g/mol. The topological polar surface area (TPSA) is 89.6 Å². The van der Waals surface area contributed by atoms with Crippen LogP contribution in [-0.4, -0.2) is 43.9 Å². The lowest BCUT2D eigenvalue weighted by atomic mass is 10.2. The third kappa shape index (κ3) is 2.54. The summed E-state index contributed by atoms with van der Waals surface area (Å²) < 4.78 is 21.0. The lowest BCUT2D eigenvalue weighted by molar-refractivity contribution is 0.0689. The van der Waals surface area contributed by atoms with Crippen molar-refractivity contribution < 1.29 is 19.0 Å². The molecule has 8 nitrogen and oxygen atoms in total. The molecule has 0 unspecified atom stereocenters. The number of methoxy groups -OCH3 is 1. The van der Waals surface area contributed by atoms with Gasteiger partial charge in [0.2, 0.25) is 0 Å². The second kappa shape index (κ2) is 6.11. The predicted molar refractivity (Wildman–Crippen MR) is 94.3 cm³/mol. The second-order valence-corrected chi connectivity index (χ2v) is 6.36. The Morgan fingerprint density at radius 1 is 1.22 bits per heavy atom. The lowest BCUT2D eigenvalue weighted by Gasteiger charge is -2.28. The molecule has 3 aromatic rings. The van der Waals surface area contributed by atoms with E-state index in [1.54, 1.807) is 21.6 Å². The third-order valence-electron chi connectivity index (χ3n) is 4.75. The molecule has 0 saturated carbocycles. The van der Waals surface area contributed by atoms with Gasteiger partial charge in [0.25, 0.3) is 17.3 Å². The van der Waals surface area contributed by atoms with Gasteiger partial charge in [-0.3, -0.25) is 9.59 Å². The van der Waals surface area contributed by atoms with E-state index in [0.29, 0.717) is 18.6 Å². The van der Waals surface area contributed by atoms with Gasteiger partial charge >= 0.3 is 0 Å². The van der Waals surface area contributed by atoms with Crippen molar-refractivity contribution in [3.8, 4) is 11.6 Å². The number of rotatable bonds is 3. The molecule has 1 amide bonds. The number of carbonyl (C=O) groups excluding carboxylic acids is 1. The van der Waals surface area contributed by atoms with Crippen molar-refractivity contribution >= 4 is 16.8 Å². The van der Waals surface area contributed by atoms with E-state index in [0.717, 1.165) is 10.2 Å². The van der Waals surface area contributed by atoms with Crippen molar-refractivity contribution in [2.24, 2.45) is 7.05 Å². The molecule has 0 atom stereocenters. The van der Waals surface area contributed by atoms with E-state index in [4.69, 9.17) is 4.74 Å². The number of nitrogens with zero attached hydrogens (tertiary/aromatic N) is 4. The summed E-state index contributed by atoms with van der Waals surface area (Å²) in [4.78, 5) is 27.0. The molecule has 9 heteroatoms. The molecule has 0 bridgehead atoms. The zero-order chi connectivity index (χ0) is 19.3. The van der Waals surface area contributed by atoms with Gasteiger partial charge in [-0.2, -0.15) is 0 Å². The van der Waals surface area contributed by atoms with Gasteiger partial charge in [0.05, 0.1) is 7.11 Å². The molecule has 0 aliphatic carbocycles. The normalized spacial score (nSPS) is 13.9. The van der Waals surface area contributed by atoms with E-state index in [2.05, 4.69) is 5.10 Å². The highest BCUT2D eigenvalue weighted by atomic mass is 19.1. The lowest BCUT2D eigenvalue weighted by Crippen LogP contribution is -2.39. The Morgan fingerprint density at radius 2 is 1.93 bits per heavy atom. The van der Waals surface area contributed by atoms with Gasteiger partial charge in [-0.15, -0.1) is 5.10 Å². The largest absolute Gasteiger partial charge is 0.505 e. The first kappa shape index (κ1) is 17.1. The number of aromatic hydroxyl groups is 1. The summed E-state index contributed by atoms with van der Waals surface area (Å²) in [7, 11) is 2.86. The molecule has 1 aliphatic rings. The minimum atomic E-state index is -0.511. The highest BCUT2D eigenvalue weighted by Crippen LogP contribution is 2.36. The molecule has 1 aromatic carbocycles. The van der Waals surface area contributed by atoms with Crippen LogP contribution in [0.25, 0.3) is 10.9 Å².